The highest BCUT2D eigenvalue weighted by Gasteiger charge is 2.23. The highest BCUT2D eigenvalue weighted by atomic mass is 32.1. The summed E-state index contributed by atoms with van der Waals surface area (Å²) in [6, 6.07) is 12.9. The first kappa shape index (κ1) is 20.1. The van der Waals surface area contributed by atoms with Gasteiger partial charge in [-0.2, -0.15) is 0 Å². The van der Waals surface area contributed by atoms with E-state index in [0.29, 0.717) is 13.0 Å². The highest BCUT2D eigenvalue weighted by Crippen LogP contribution is 2.25. The number of thiophene rings is 1. The zero-order valence-corrected chi connectivity index (χ0v) is 17.0. The molecule has 1 N–H and O–H groups in total. The van der Waals surface area contributed by atoms with E-state index in [0.717, 1.165) is 38.3 Å². The Kier molecular flexibility index (Phi) is 7.87. The normalized spacial score (nSPS) is 16.2. The van der Waals surface area contributed by atoms with Crippen molar-refractivity contribution in [2.45, 2.75) is 38.6 Å². The summed E-state index contributed by atoms with van der Waals surface area (Å²) in [4.78, 5) is 16.2. The molecule has 1 aromatic carbocycles. The van der Waals surface area contributed by atoms with Gasteiger partial charge in [-0.05, 0) is 35.4 Å². The molecule has 1 aromatic heterocycles. The summed E-state index contributed by atoms with van der Waals surface area (Å²) in [5.74, 6) is 0.0890. The Balaban J connectivity index is 1.53. The Morgan fingerprint density at radius 3 is 2.59 bits per heavy atom. The fourth-order valence-corrected chi connectivity index (χ4v) is 4.30. The number of carbonyl (C=O) groups excluding carboxylic acids is 1. The van der Waals surface area contributed by atoms with Gasteiger partial charge in [-0.1, -0.05) is 43.7 Å². The predicted octanol–water partition coefficient (Wildman–Crippen LogP) is 3.82. The second-order valence-corrected chi connectivity index (χ2v) is 8.06. The van der Waals surface area contributed by atoms with Crippen LogP contribution in [0, 0.1) is 0 Å². The molecule has 5 heteroatoms. The van der Waals surface area contributed by atoms with Gasteiger partial charge in [0.05, 0.1) is 25.7 Å². The van der Waals surface area contributed by atoms with Gasteiger partial charge in [0.15, 0.2) is 0 Å². The van der Waals surface area contributed by atoms with Crippen LogP contribution in [0.25, 0.3) is 0 Å². The molecule has 2 heterocycles. The molecule has 0 saturated carbocycles. The van der Waals surface area contributed by atoms with E-state index in [1.54, 1.807) is 11.3 Å². The maximum atomic E-state index is 12.5. The molecule has 1 saturated heterocycles. The molecule has 1 atom stereocenters. The van der Waals surface area contributed by atoms with Crippen molar-refractivity contribution < 1.29 is 9.53 Å². The van der Waals surface area contributed by atoms with E-state index in [1.165, 1.54) is 23.3 Å². The van der Waals surface area contributed by atoms with E-state index in [2.05, 4.69) is 58.9 Å². The lowest BCUT2D eigenvalue weighted by Gasteiger charge is -2.34. The van der Waals surface area contributed by atoms with E-state index < -0.39 is 0 Å². The minimum atomic E-state index is 0.0890. The number of carbonyl (C=O) groups is 1. The van der Waals surface area contributed by atoms with Crippen molar-refractivity contribution in [3.8, 4) is 0 Å². The Morgan fingerprint density at radius 1 is 1.19 bits per heavy atom. The number of rotatable bonds is 9. The Bertz CT molecular complexity index is 679. The molecule has 0 radical (unpaired) electrons. The monoisotopic (exact) mass is 386 g/mol. The van der Waals surface area contributed by atoms with Crippen LogP contribution in [0.1, 0.15) is 41.8 Å². The Labute approximate surface area is 166 Å². The minimum absolute atomic E-state index is 0.0890. The molecule has 0 spiro atoms. The number of nitrogens with zero attached hydrogens (tertiary/aromatic N) is 1. The minimum Gasteiger partial charge on any atom is -0.379 e. The first-order valence-corrected chi connectivity index (χ1v) is 10.8. The first-order valence-electron chi connectivity index (χ1n) is 9.96. The molecule has 2 aromatic rings. The Hall–Kier alpha value is -1.69. The summed E-state index contributed by atoms with van der Waals surface area (Å²) in [7, 11) is 0. The number of nitrogens with one attached hydrogen (secondary N) is 1. The zero-order chi connectivity index (χ0) is 18.9. The number of aryl methyl sites for hydroxylation is 1. The summed E-state index contributed by atoms with van der Waals surface area (Å²) >= 11 is 1.75. The molecule has 1 aliphatic heterocycles. The number of benzene rings is 1. The zero-order valence-electron chi connectivity index (χ0n) is 16.2. The van der Waals surface area contributed by atoms with Gasteiger partial charge in [0, 0.05) is 24.5 Å². The molecular weight excluding hydrogens is 356 g/mol. The van der Waals surface area contributed by atoms with Crippen molar-refractivity contribution in [3.63, 3.8) is 0 Å². The van der Waals surface area contributed by atoms with Gasteiger partial charge in [0.2, 0.25) is 5.91 Å². The molecule has 0 aliphatic carbocycles. The van der Waals surface area contributed by atoms with E-state index in [9.17, 15) is 4.79 Å². The number of hydrogen-bond acceptors (Lipinski definition) is 4. The summed E-state index contributed by atoms with van der Waals surface area (Å²) in [6.45, 7) is 6.21. The number of hydrogen-bond donors (Lipinski definition) is 1. The standard InChI is InChI=1S/C22H30N2O2S/c1-2-3-5-18-7-9-19(10-8-18)16-22(25)23-17-20(21-6-4-15-27-21)24-11-13-26-14-12-24/h4,6-10,15,20H,2-3,5,11-14,16-17H2,1H3,(H,23,25). The second-order valence-electron chi connectivity index (χ2n) is 7.08. The fourth-order valence-electron chi connectivity index (χ4n) is 3.44. The van der Waals surface area contributed by atoms with Crippen molar-refractivity contribution in [2.24, 2.45) is 0 Å². The maximum Gasteiger partial charge on any atom is 0.224 e. The van der Waals surface area contributed by atoms with E-state index >= 15 is 0 Å². The average Bonchev–Trinajstić information content (AvgIpc) is 3.23. The van der Waals surface area contributed by atoms with E-state index in [-0.39, 0.29) is 11.9 Å². The van der Waals surface area contributed by atoms with E-state index in [1.807, 2.05) is 0 Å². The van der Waals surface area contributed by atoms with Gasteiger partial charge in [-0.25, -0.2) is 0 Å². The number of unbranched alkanes of at least 4 members (excludes halogenated alkanes) is 1. The first-order chi connectivity index (χ1) is 13.3. The van der Waals surface area contributed by atoms with Crippen LogP contribution in [0.15, 0.2) is 41.8 Å². The lowest BCUT2D eigenvalue weighted by atomic mass is 10.0. The largest absolute Gasteiger partial charge is 0.379 e. The van der Waals surface area contributed by atoms with E-state index in [4.69, 9.17) is 4.74 Å². The van der Waals surface area contributed by atoms with Gasteiger partial charge in [0.1, 0.15) is 0 Å². The van der Waals surface area contributed by atoms with Crippen molar-refractivity contribution in [1.82, 2.24) is 10.2 Å². The van der Waals surface area contributed by atoms with Crippen LogP contribution in [-0.2, 0) is 22.4 Å². The molecule has 0 bridgehead atoms. The van der Waals surface area contributed by atoms with Crippen LogP contribution < -0.4 is 5.32 Å². The summed E-state index contributed by atoms with van der Waals surface area (Å²) in [6.07, 6.45) is 3.98. The molecule has 27 heavy (non-hydrogen) atoms. The van der Waals surface area contributed by atoms with Crippen LogP contribution in [0.5, 0.6) is 0 Å². The second kappa shape index (κ2) is 10.6. The lowest BCUT2D eigenvalue weighted by Crippen LogP contribution is -2.43. The van der Waals surface area contributed by atoms with Crippen LogP contribution in [0.4, 0.5) is 0 Å². The molecule has 3 rings (SSSR count). The molecule has 146 valence electrons. The smallest absolute Gasteiger partial charge is 0.224 e. The lowest BCUT2D eigenvalue weighted by molar-refractivity contribution is -0.120. The van der Waals surface area contributed by atoms with Crippen molar-refractivity contribution in [2.75, 3.05) is 32.8 Å². The summed E-state index contributed by atoms with van der Waals surface area (Å²) in [5, 5.41) is 5.25. The van der Waals surface area contributed by atoms with Crippen molar-refractivity contribution in [1.29, 1.82) is 0 Å². The number of ether oxygens (including phenoxy) is 1. The molecule has 1 unspecified atom stereocenters. The SMILES string of the molecule is CCCCc1ccc(CC(=O)NCC(c2cccs2)N2CCOCC2)cc1. The molecule has 4 nitrogen and oxygen atoms in total. The molecule has 1 aliphatic rings. The van der Waals surface area contributed by atoms with Crippen molar-refractivity contribution in [3.05, 3.63) is 57.8 Å². The predicted molar refractivity (Wildman–Crippen MR) is 111 cm³/mol. The maximum absolute atomic E-state index is 12.5. The molecule has 1 fully saturated rings. The molecular formula is C22H30N2O2S. The molecule has 1 amide bonds. The van der Waals surface area contributed by atoms with Gasteiger partial charge < -0.3 is 10.1 Å². The van der Waals surface area contributed by atoms with Crippen LogP contribution in [-0.4, -0.2) is 43.7 Å². The quantitative estimate of drug-likeness (QED) is 0.712. The van der Waals surface area contributed by atoms with Crippen molar-refractivity contribution >= 4 is 17.2 Å². The van der Waals surface area contributed by atoms with Crippen LogP contribution in [0.2, 0.25) is 0 Å². The highest BCUT2D eigenvalue weighted by molar-refractivity contribution is 7.10. The number of amides is 1. The van der Waals surface area contributed by atoms with Gasteiger partial charge >= 0.3 is 0 Å². The van der Waals surface area contributed by atoms with Gasteiger partial charge in [-0.3, -0.25) is 9.69 Å². The third-order valence-electron chi connectivity index (χ3n) is 5.06. The van der Waals surface area contributed by atoms with Gasteiger partial charge in [0.25, 0.3) is 0 Å². The third kappa shape index (κ3) is 6.16. The van der Waals surface area contributed by atoms with Crippen LogP contribution >= 0.6 is 11.3 Å². The fraction of sp³-hybridized carbons (Fsp3) is 0.500. The topological polar surface area (TPSA) is 41.6 Å². The van der Waals surface area contributed by atoms with Gasteiger partial charge in [-0.15, -0.1) is 11.3 Å². The Morgan fingerprint density at radius 2 is 1.93 bits per heavy atom. The summed E-state index contributed by atoms with van der Waals surface area (Å²) < 4.78 is 5.48. The summed E-state index contributed by atoms with van der Waals surface area (Å²) in [5.41, 5.74) is 2.43. The average molecular weight is 387 g/mol. The number of morpholine rings is 1. The third-order valence-corrected chi connectivity index (χ3v) is 6.03. The van der Waals surface area contributed by atoms with Crippen LogP contribution in [0.3, 0.4) is 0 Å².